The van der Waals surface area contributed by atoms with Crippen molar-refractivity contribution < 1.29 is 0 Å². The number of likely N-dealkylation sites (tertiary alicyclic amines) is 1. The third-order valence-corrected chi connectivity index (χ3v) is 5.63. The summed E-state index contributed by atoms with van der Waals surface area (Å²) in [6.07, 6.45) is 3.85. The molecule has 0 radical (unpaired) electrons. The van der Waals surface area contributed by atoms with Gasteiger partial charge in [-0.1, -0.05) is 0 Å². The summed E-state index contributed by atoms with van der Waals surface area (Å²) in [5.74, 6) is 1.53. The third kappa shape index (κ3) is 2.60. The van der Waals surface area contributed by atoms with E-state index in [0.29, 0.717) is 5.92 Å². The van der Waals surface area contributed by atoms with Gasteiger partial charge in [0.1, 0.15) is 0 Å². The van der Waals surface area contributed by atoms with Crippen LogP contribution in [0, 0.1) is 12.8 Å². The highest BCUT2D eigenvalue weighted by Gasteiger charge is 2.25. The zero-order chi connectivity index (χ0) is 12.5. The summed E-state index contributed by atoms with van der Waals surface area (Å²) in [5, 5.41) is 4.84. The topological polar surface area (TPSA) is 28.2 Å². The molecule has 3 nitrogen and oxygen atoms in total. The number of hydrogen-bond donors (Lipinski definition) is 1. The molecule has 4 heteroatoms. The molecule has 1 N–H and O–H groups in total. The molecule has 2 fully saturated rings. The highest BCUT2D eigenvalue weighted by atomic mass is 32.1. The molecule has 2 aliphatic rings. The van der Waals surface area contributed by atoms with E-state index in [-0.39, 0.29) is 0 Å². The second kappa shape index (κ2) is 5.27. The Bertz CT molecular complexity index is 409. The standard InChI is InChI=1S/C14H23N3S/c1-10-13(7-11-3-5-15-8-11)18-14(16-10)12-4-6-17(2)9-12/h11-12,15H,3-9H2,1-2H3. The quantitative estimate of drug-likeness (QED) is 0.906. The Kier molecular flexibility index (Phi) is 3.68. The fraction of sp³-hybridized carbons (Fsp3) is 0.786. The molecular weight excluding hydrogens is 242 g/mol. The Balaban J connectivity index is 1.69. The van der Waals surface area contributed by atoms with Crippen molar-refractivity contribution in [3.8, 4) is 0 Å². The van der Waals surface area contributed by atoms with Crippen LogP contribution in [0.4, 0.5) is 0 Å². The van der Waals surface area contributed by atoms with Gasteiger partial charge < -0.3 is 10.2 Å². The summed E-state index contributed by atoms with van der Waals surface area (Å²) in [6.45, 7) is 7.00. The number of aromatic nitrogens is 1. The second-order valence-electron chi connectivity index (χ2n) is 5.87. The minimum atomic E-state index is 0.689. The lowest BCUT2D eigenvalue weighted by atomic mass is 10.0. The Morgan fingerprint density at radius 2 is 2.33 bits per heavy atom. The molecule has 2 saturated heterocycles. The number of nitrogens with zero attached hydrogens (tertiary/aromatic N) is 2. The maximum atomic E-state index is 4.84. The number of rotatable bonds is 3. The molecule has 0 spiro atoms. The van der Waals surface area contributed by atoms with Crippen LogP contribution < -0.4 is 5.32 Å². The van der Waals surface area contributed by atoms with Gasteiger partial charge in [-0.2, -0.15) is 0 Å². The van der Waals surface area contributed by atoms with Gasteiger partial charge in [0.2, 0.25) is 0 Å². The van der Waals surface area contributed by atoms with E-state index in [2.05, 4.69) is 24.2 Å². The van der Waals surface area contributed by atoms with E-state index in [1.807, 2.05) is 11.3 Å². The summed E-state index contributed by atoms with van der Waals surface area (Å²) in [5.41, 5.74) is 1.29. The van der Waals surface area contributed by atoms with E-state index >= 15 is 0 Å². The fourth-order valence-corrected chi connectivity index (χ4v) is 4.41. The lowest BCUT2D eigenvalue weighted by Gasteiger charge is -2.07. The maximum absolute atomic E-state index is 4.84. The van der Waals surface area contributed by atoms with Gasteiger partial charge in [-0.15, -0.1) is 11.3 Å². The first kappa shape index (κ1) is 12.6. The van der Waals surface area contributed by atoms with Gasteiger partial charge in [-0.3, -0.25) is 0 Å². The van der Waals surface area contributed by atoms with Crippen LogP contribution in [0.25, 0.3) is 0 Å². The summed E-state index contributed by atoms with van der Waals surface area (Å²) in [7, 11) is 2.21. The van der Waals surface area contributed by atoms with Crippen molar-refractivity contribution in [3.05, 3.63) is 15.6 Å². The molecule has 0 bridgehead atoms. The van der Waals surface area contributed by atoms with Crippen LogP contribution in [0.2, 0.25) is 0 Å². The molecule has 1 aromatic rings. The van der Waals surface area contributed by atoms with Gasteiger partial charge in [0.15, 0.2) is 0 Å². The van der Waals surface area contributed by atoms with E-state index in [0.717, 1.165) is 5.92 Å². The molecule has 18 heavy (non-hydrogen) atoms. The zero-order valence-electron chi connectivity index (χ0n) is 11.4. The first-order valence-electron chi connectivity index (χ1n) is 7.08. The summed E-state index contributed by atoms with van der Waals surface area (Å²) < 4.78 is 0. The number of thiazole rings is 1. The average molecular weight is 265 g/mol. The van der Waals surface area contributed by atoms with Crippen molar-refractivity contribution in [2.24, 2.45) is 5.92 Å². The Morgan fingerprint density at radius 1 is 1.44 bits per heavy atom. The Labute approximate surface area is 114 Å². The molecule has 100 valence electrons. The van der Waals surface area contributed by atoms with Gasteiger partial charge in [-0.25, -0.2) is 4.98 Å². The van der Waals surface area contributed by atoms with Crippen LogP contribution in [-0.2, 0) is 6.42 Å². The van der Waals surface area contributed by atoms with Gasteiger partial charge in [0.05, 0.1) is 10.7 Å². The van der Waals surface area contributed by atoms with Crippen LogP contribution >= 0.6 is 11.3 Å². The SMILES string of the molecule is Cc1nc(C2CCN(C)C2)sc1CC1CCNC1. The second-order valence-corrected chi connectivity index (χ2v) is 6.99. The van der Waals surface area contributed by atoms with Gasteiger partial charge >= 0.3 is 0 Å². The molecule has 0 aliphatic carbocycles. The first-order valence-corrected chi connectivity index (χ1v) is 7.89. The number of nitrogens with one attached hydrogen (secondary N) is 1. The lowest BCUT2D eigenvalue weighted by Crippen LogP contribution is -2.13. The zero-order valence-corrected chi connectivity index (χ0v) is 12.2. The predicted octanol–water partition coefficient (Wildman–Crippen LogP) is 2.02. The lowest BCUT2D eigenvalue weighted by molar-refractivity contribution is 0.411. The van der Waals surface area contributed by atoms with Gasteiger partial charge in [0.25, 0.3) is 0 Å². The van der Waals surface area contributed by atoms with Crippen LogP contribution in [0.3, 0.4) is 0 Å². The first-order chi connectivity index (χ1) is 8.72. The normalized spacial score (nSPS) is 29.2. The Hall–Kier alpha value is -0.450. The molecule has 3 heterocycles. The molecule has 3 rings (SSSR count). The van der Waals surface area contributed by atoms with E-state index < -0.39 is 0 Å². The predicted molar refractivity (Wildman–Crippen MR) is 76.4 cm³/mol. The summed E-state index contributed by atoms with van der Waals surface area (Å²) in [6, 6.07) is 0. The molecule has 0 aromatic carbocycles. The smallest absolute Gasteiger partial charge is 0.0975 e. The summed E-state index contributed by atoms with van der Waals surface area (Å²) in [4.78, 5) is 8.79. The van der Waals surface area contributed by atoms with Gasteiger partial charge in [-0.05, 0) is 58.8 Å². The maximum Gasteiger partial charge on any atom is 0.0975 e. The van der Waals surface area contributed by atoms with Crippen LogP contribution in [-0.4, -0.2) is 43.1 Å². The average Bonchev–Trinajstić information content (AvgIpc) is 3.03. The van der Waals surface area contributed by atoms with Crippen molar-refractivity contribution in [1.82, 2.24) is 15.2 Å². The molecule has 2 atom stereocenters. The van der Waals surface area contributed by atoms with E-state index in [4.69, 9.17) is 4.98 Å². The van der Waals surface area contributed by atoms with Crippen molar-refractivity contribution in [2.45, 2.75) is 32.1 Å². The summed E-state index contributed by atoms with van der Waals surface area (Å²) >= 11 is 1.98. The molecule has 2 aliphatic heterocycles. The monoisotopic (exact) mass is 265 g/mol. The van der Waals surface area contributed by atoms with E-state index in [1.165, 1.54) is 61.0 Å². The van der Waals surface area contributed by atoms with E-state index in [1.54, 1.807) is 0 Å². The van der Waals surface area contributed by atoms with E-state index in [9.17, 15) is 0 Å². The van der Waals surface area contributed by atoms with Crippen LogP contribution in [0.5, 0.6) is 0 Å². The van der Waals surface area contributed by atoms with Crippen LogP contribution in [0.15, 0.2) is 0 Å². The van der Waals surface area contributed by atoms with Crippen molar-refractivity contribution >= 4 is 11.3 Å². The molecule has 2 unspecified atom stereocenters. The van der Waals surface area contributed by atoms with Crippen molar-refractivity contribution in [1.29, 1.82) is 0 Å². The number of hydrogen-bond acceptors (Lipinski definition) is 4. The van der Waals surface area contributed by atoms with Gasteiger partial charge in [0, 0.05) is 17.3 Å². The fourth-order valence-electron chi connectivity index (χ4n) is 3.10. The number of likely N-dealkylation sites (N-methyl/N-ethyl adjacent to an activating group) is 1. The highest BCUT2D eigenvalue weighted by Crippen LogP contribution is 2.32. The minimum Gasteiger partial charge on any atom is -0.316 e. The van der Waals surface area contributed by atoms with Crippen LogP contribution in [0.1, 0.15) is 34.3 Å². The third-order valence-electron chi connectivity index (χ3n) is 4.29. The molecular formula is C14H23N3S. The molecule has 0 saturated carbocycles. The minimum absolute atomic E-state index is 0.689. The molecule has 1 aromatic heterocycles. The molecule has 0 amide bonds. The number of aryl methyl sites for hydroxylation is 1. The largest absolute Gasteiger partial charge is 0.316 e. The Morgan fingerprint density at radius 3 is 3.00 bits per heavy atom. The van der Waals surface area contributed by atoms with Crippen molar-refractivity contribution in [2.75, 3.05) is 33.2 Å². The van der Waals surface area contributed by atoms with Crippen molar-refractivity contribution in [3.63, 3.8) is 0 Å². The highest BCUT2D eigenvalue weighted by molar-refractivity contribution is 7.11.